The minimum Gasteiger partial charge on any atom is -0.336 e. The Morgan fingerprint density at radius 2 is 1.91 bits per heavy atom. The number of hydrogen-bond donors (Lipinski definition) is 1. The molecule has 0 saturated carbocycles. The SMILES string of the molecule is N#C/C(=C\c1cccc2ccccc12)c1nc2ncccc2[nH]1. The molecule has 2 aromatic heterocycles. The lowest BCUT2D eigenvalue weighted by molar-refractivity contribution is 1.25. The molecular weight excluding hydrogens is 284 g/mol. The lowest BCUT2D eigenvalue weighted by Crippen LogP contribution is -1.86. The summed E-state index contributed by atoms with van der Waals surface area (Å²) in [5.74, 6) is 0.536. The normalized spacial score (nSPS) is 11.7. The fourth-order valence-electron chi connectivity index (χ4n) is 2.66. The van der Waals surface area contributed by atoms with Crippen molar-refractivity contribution in [1.29, 1.82) is 5.26 Å². The van der Waals surface area contributed by atoms with Gasteiger partial charge in [0.05, 0.1) is 11.1 Å². The van der Waals surface area contributed by atoms with Crippen LogP contribution in [0.1, 0.15) is 11.4 Å². The molecule has 4 heteroatoms. The van der Waals surface area contributed by atoms with Crippen molar-refractivity contribution in [1.82, 2.24) is 15.0 Å². The van der Waals surface area contributed by atoms with E-state index in [0.29, 0.717) is 17.0 Å². The van der Waals surface area contributed by atoms with Gasteiger partial charge in [-0.25, -0.2) is 9.97 Å². The second-order valence-electron chi connectivity index (χ2n) is 5.20. The molecule has 0 unspecified atom stereocenters. The predicted octanol–water partition coefficient (Wildman–Crippen LogP) is 4.18. The summed E-state index contributed by atoms with van der Waals surface area (Å²) in [7, 11) is 0. The fourth-order valence-corrected chi connectivity index (χ4v) is 2.66. The van der Waals surface area contributed by atoms with Gasteiger partial charge in [0, 0.05) is 6.20 Å². The van der Waals surface area contributed by atoms with Gasteiger partial charge in [-0.3, -0.25) is 0 Å². The first kappa shape index (κ1) is 13.2. The van der Waals surface area contributed by atoms with Gasteiger partial charge in [0.25, 0.3) is 0 Å². The summed E-state index contributed by atoms with van der Waals surface area (Å²) in [4.78, 5) is 11.7. The highest BCUT2D eigenvalue weighted by atomic mass is 15.0. The maximum absolute atomic E-state index is 9.54. The molecule has 1 N–H and O–H groups in total. The quantitative estimate of drug-likeness (QED) is 0.564. The Balaban J connectivity index is 1.88. The van der Waals surface area contributed by atoms with Crippen LogP contribution >= 0.6 is 0 Å². The topological polar surface area (TPSA) is 65.4 Å². The molecular formula is C19H12N4. The van der Waals surface area contributed by atoms with E-state index in [9.17, 15) is 5.26 Å². The molecule has 2 aromatic carbocycles. The molecule has 0 radical (unpaired) electrons. The van der Waals surface area contributed by atoms with Crippen LogP contribution < -0.4 is 0 Å². The molecule has 0 spiro atoms. The highest BCUT2D eigenvalue weighted by molar-refractivity contribution is 5.98. The zero-order valence-corrected chi connectivity index (χ0v) is 12.2. The number of pyridine rings is 1. The standard InChI is InChI=1S/C19H12N4/c20-12-15(18-22-17-9-4-10-21-19(17)23-18)11-14-7-3-6-13-5-1-2-8-16(13)14/h1-11H,(H,21,22,23)/b15-11+. The number of fused-ring (bicyclic) bond motifs is 2. The summed E-state index contributed by atoms with van der Waals surface area (Å²) in [6.07, 6.45) is 3.55. The maximum Gasteiger partial charge on any atom is 0.178 e. The Morgan fingerprint density at radius 3 is 2.78 bits per heavy atom. The van der Waals surface area contributed by atoms with Gasteiger partial charge in [-0.05, 0) is 34.5 Å². The number of imidazole rings is 1. The van der Waals surface area contributed by atoms with E-state index < -0.39 is 0 Å². The van der Waals surface area contributed by atoms with Crippen molar-refractivity contribution in [2.24, 2.45) is 0 Å². The van der Waals surface area contributed by atoms with E-state index in [4.69, 9.17) is 0 Å². The maximum atomic E-state index is 9.54. The first-order valence-electron chi connectivity index (χ1n) is 7.26. The average Bonchev–Trinajstić information content (AvgIpc) is 3.03. The molecule has 4 nitrogen and oxygen atoms in total. The second-order valence-corrected chi connectivity index (χ2v) is 5.20. The average molecular weight is 296 g/mol. The van der Waals surface area contributed by atoms with Gasteiger partial charge < -0.3 is 4.98 Å². The first-order chi connectivity index (χ1) is 11.3. The van der Waals surface area contributed by atoms with Crippen LogP contribution in [-0.4, -0.2) is 15.0 Å². The highest BCUT2D eigenvalue weighted by Gasteiger charge is 2.09. The van der Waals surface area contributed by atoms with Crippen LogP contribution in [0.4, 0.5) is 0 Å². The molecule has 108 valence electrons. The lowest BCUT2D eigenvalue weighted by Gasteiger charge is -2.02. The van der Waals surface area contributed by atoms with E-state index in [-0.39, 0.29) is 0 Å². The van der Waals surface area contributed by atoms with Crippen molar-refractivity contribution in [3.63, 3.8) is 0 Å². The second kappa shape index (κ2) is 5.39. The van der Waals surface area contributed by atoms with E-state index in [0.717, 1.165) is 21.9 Å². The smallest absolute Gasteiger partial charge is 0.178 e. The molecule has 4 aromatic rings. The number of H-pyrrole nitrogens is 1. The number of nitriles is 1. The lowest BCUT2D eigenvalue weighted by atomic mass is 10.0. The molecule has 4 rings (SSSR count). The van der Waals surface area contributed by atoms with E-state index >= 15 is 0 Å². The highest BCUT2D eigenvalue weighted by Crippen LogP contribution is 2.23. The van der Waals surface area contributed by atoms with E-state index in [1.54, 1.807) is 6.20 Å². The van der Waals surface area contributed by atoms with Crippen molar-refractivity contribution in [3.8, 4) is 6.07 Å². The first-order valence-corrected chi connectivity index (χ1v) is 7.26. The molecule has 0 aliphatic heterocycles. The summed E-state index contributed by atoms with van der Waals surface area (Å²) in [5.41, 5.74) is 2.91. The third-order valence-corrected chi connectivity index (χ3v) is 3.76. The Bertz CT molecular complexity index is 1040. The number of nitrogens with zero attached hydrogens (tertiary/aromatic N) is 3. The van der Waals surface area contributed by atoms with E-state index in [1.165, 1.54) is 0 Å². The zero-order chi connectivity index (χ0) is 15.6. The van der Waals surface area contributed by atoms with E-state index in [1.807, 2.05) is 42.5 Å². The van der Waals surface area contributed by atoms with Crippen molar-refractivity contribution in [2.45, 2.75) is 0 Å². The van der Waals surface area contributed by atoms with Crippen LogP contribution in [0, 0.1) is 11.3 Å². The van der Waals surface area contributed by atoms with Crippen molar-refractivity contribution in [3.05, 3.63) is 72.2 Å². The fraction of sp³-hybridized carbons (Fsp3) is 0. The molecule has 23 heavy (non-hydrogen) atoms. The van der Waals surface area contributed by atoms with Gasteiger partial charge in [0.1, 0.15) is 6.07 Å². The number of aromatic amines is 1. The Hall–Kier alpha value is -3.45. The number of rotatable bonds is 2. The molecule has 0 saturated heterocycles. The summed E-state index contributed by atoms with van der Waals surface area (Å²) < 4.78 is 0. The van der Waals surface area contributed by atoms with Crippen LogP contribution in [0.15, 0.2) is 60.8 Å². The zero-order valence-electron chi connectivity index (χ0n) is 12.2. The van der Waals surface area contributed by atoms with Gasteiger partial charge in [0.15, 0.2) is 11.5 Å². The Morgan fingerprint density at radius 1 is 1.04 bits per heavy atom. The number of allylic oxidation sites excluding steroid dienone is 1. The number of nitrogens with one attached hydrogen (secondary N) is 1. The molecule has 0 amide bonds. The minimum atomic E-state index is 0.486. The summed E-state index contributed by atoms with van der Waals surface area (Å²) in [6, 6.07) is 20.1. The number of hydrogen-bond acceptors (Lipinski definition) is 3. The van der Waals surface area contributed by atoms with Crippen LogP contribution in [0.25, 0.3) is 33.6 Å². The molecule has 2 heterocycles. The summed E-state index contributed by atoms with van der Waals surface area (Å²) in [6.45, 7) is 0. The van der Waals surface area contributed by atoms with Crippen LogP contribution in [-0.2, 0) is 0 Å². The molecule has 0 aliphatic carbocycles. The van der Waals surface area contributed by atoms with Crippen molar-refractivity contribution in [2.75, 3.05) is 0 Å². The van der Waals surface area contributed by atoms with Gasteiger partial charge >= 0.3 is 0 Å². The number of aromatic nitrogens is 3. The molecule has 0 atom stereocenters. The van der Waals surface area contributed by atoms with Gasteiger partial charge in [-0.15, -0.1) is 0 Å². The van der Waals surface area contributed by atoms with Crippen LogP contribution in [0.2, 0.25) is 0 Å². The number of benzene rings is 2. The molecule has 0 aliphatic rings. The van der Waals surface area contributed by atoms with Gasteiger partial charge in [-0.2, -0.15) is 5.26 Å². The van der Waals surface area contributed by atoms with Crippen molar-refractivity contribution < 1.29 is 0 Å². The monoisotopic (exact) mass is 296 g/mol. The van der Waals surface area contributed by atoms with E-state index in [2.05, 4.69) is 39.2 Å². The van der Waals surface area contributed by atoms with Crippen LogP contribution in [0.3, 0.4) is 0 Å². The van der Waals surface area contributed by atoms with Gasteiger partial charge in [-0.1, -0.05) is 42.5 Å². The third-order valence-electron chi connectivity index (χ3n) is 3.76. The minimum absolute atomic E-state index is 0.486. The Labute approximate surface area is 132 Å². The molecule has 0 fully saturated rings. The van der Waals surface area contributed by atoms with Gasteiger partial charge in [0.2, 0.25) is 0 Å². The third kappa shape index (κ3) is 2.34. The largest absolute Gasteiger partial charge is 0.336 e. The summed E-state index contributed by atoms with van der Waals surface area (Å²) in [5, 5.41) is 11.8. The Kier molecular flexibility index (Phi) is 3.10. The predicted molar refractivity (Wildman–Crippen MR) is 91.3 cm³/mol. The molecule has 0 bridgehead atoms. The van der Waals surface area contributed by atoms with Crippen molar-refractivity contribution >= 4 is 33.6 Å². The van der Waals surface area contributed by atoms with Crippen LogP contribution in [0.5, 0.6) is 0 Å². The summed E-state index contributed by atoms with van der Waals surface area (Å²) >= 11 is 0.